The van der Waals surface area contributed by atoms with E-state index in [1.54, 1.807) is 0 Å². The van der Waals surface area contributed by atoms with E-state index in [4.69, 9.17) is 0 Å². The minimum Gasteiger partial charge on any atom is -0.308 e. The molecule has 0 aliphatic rings. The number of halogens is 3. The van der Waals surface area contributed by atoms with Crippen molar-refractivity contribution in [1.82, 2.24) is 5.32 Å². The van der Waals surface area contributed by atoms with E-state index in [1.807, 2.05) is 39.8 Å². The lowest BCUT2D eigenvalue weighted by Crippen LogP contribution is -2.38. The monoisotopic (exact) mass is 259 g/mol. The Morgan fingerprint density at radius 2 is 1.67 bits per heavy atom. The van der Waals surface area contributed by atoms with Gasteiger partial charge in [-0.25, -0.2) is 0 Å². The molecule has 1 aromatic carbocycles. The van der Waals surface area contributed by atoms with Gasteiger partial charge in [0.1, 0.15) is 0 Å². The summed E-state index contributed by atoms with van der Waals surface area (Å²) in [6.45, 7) is 7.26. The third-order valence-corrected chi connectivity index (χ3v) is 3.00. The van der Waals surface area contributed by atoms with Crippen molar-refractivity contribution in [2.45, 2.75) is 39.3 Å². The van der Waals surface area contributed by atoms with Crippen LogP contribution in [0.5, 0.6) is 0 Å². The van der Waals surface area contributed by atoms with Crippen LogP contribution in [-0.2, 0) is 5.41 Å². The highest BCUT2D eigenvalue weighted by atomic mass is 19.4. The number of aryl methyl sites for hydroxylation is 2. The molecular weight excluding hydrogens is 239 g/mol. The molecule has 0 bridgehead atoms. The molecule has 4 heteroatoms. The van der Waals surface area contributed by atoms with Gasteiger partial charge in [-0.2, -0.15) is 13.2 Å². The van der Waals surface area contributed by atoms with Gasteiger partial charge in [-0.15, -0.1) is 0 Å². The molecular formula is C14H20F3N. The normalized spacial score (nSPS) is 12.8. The molecule has 0 radical (unpaired) electrons. The summed E-state index contributed by atoms with van der Waals surface area (Å²) in [5.74, 6) is 0. The molecule has 0 aliphatic heterocycles. The summed E-state index contributed by atoms with van der Waals surface area (Å²) >= 11 is 0. The fourth-order valence-electron chi connectivity index (χ4n) is 2.18. The van der Waals surface area contributed by atoms with Gasteiger partial charge in [-0.1, -0.05) is 37.6 Å². The first-order valence-electron chi connectivity index (χ1n) is 5.97. The zero-order valence-corrected chi connectivity index (χ0v) is 11.3. The smallest absolute Gasteiger partial charge is 0.308 e. The summed E-state index contributed by atoms with van der Waals surface area (Å²) < 4.78 is 36.3. The second-order valence-electron chi connectivity index (χ2n) is 5.42. The van der Waals surface area contributed by atoms with Crippen molar-refractivity contribution in [1.29, 1.82) is 0 Å². The van der Waals surface area contributed by atoms with Gasteiger partial charge in [0.2, 0.25) is 0 Å². The van der Waals surface area contributed by atoms with Crippen molar-refractivity contribution in [3.63, 3.8) is 0 Å². The van der Waals surface area contributed by atoms with Gasteiger partial charge < -0.3 is 5.32 Å². The quantitative estimate of drug-likeness (QED) is 0.868. The van der Waals surface area contributed by atoms with Crippen LogP contribution >= 0.6 is 0 Å². The lowest BCUT2D eigenvalue weighted by molar-refractivity contribution is -0.125. The van der Waals surface area contributed by atoms with Crippen LogP contribution in [-0.4, -0.2) is 19.3 Å². The molecule has 0 saturated carbocycles. The predicted molar refractivity (Wildman–Crippen MR) is 67.9 cm³/mol. The predicted octanol–water partition coefficient (Wildman–Crippen LogP) is 3.73. The molecule has 1 nitrogen and oxygen atoms in total. The Kier molecular flexibility index (Phi) is 4.43. The Balaban J connectivity index is 2.73. The van der Waals surface area contributed by atoms with E-state index in [0.29, 0.717) is 6.54 Å². The molecule has 0 atom stereocenters. The Hall–Kier alpha value is -1.03. The Morgan fingerprint density at radius 3 is 2.17 bits per heavy atom. The zero-order valence-electron chi connectivity index (χ0n) is 11.3. The highest BCUT2D eigenvalue weighted by molar-refractivity contribution is 5.35. The van der Waals surface area contributed by atoms with Crippen LogP contribution in [0.1, 0.15) is 30.5 Å². The van der Waals surface area contributed by atoms with Gasteiger partial charge in [0.05, 0.1) is 6.54 Å². The maximum Gasteiger partial charge on any atom is 0.401 e. The number of hydrogen-bond donors (Lipinski definition) is 1. The highest BCUT2D eigenvalue weighted by Crippen LogP contribution is 2.26. The van der Waals surface area contributed by atoms with Gasteiger partial charge in [-0.05, 0) is 25.0 Å². The summed E-state index contributed by atoms with van der Waals surface area (Å²) in [4.78, 5) is 0. The summed E-state index contributed by atoms with van der Waals surface area (Å²) in [6, 6.07) is 6.05. The summed E-state index contributed by atoms with van der Waals surface area (Å²) in [6.07, 6.45) is -4.15. The van der Waals surface area contributed by atoms with E-state index in [2.05, 4.69) is 11.4 Å². The second-order valence-corrected chi connectivity index (χ2v) is 5.42. The average Bonchev–Trinajstić information content (AvgIpc) is 2.13. The van der Waals surface area contributed by atoms with Gasteiger partial charge in [0.25, 0.3) is 0 Å². The van der Waals surface area contributed by atoms with Gasteiger partial charge in [0.15, 0.2) is 0 Å². The fraction of sp³-hybridized carbons (Fsp3) is 0.571. The number of benzene rings is 1. The van der Waals surface area contributed by atoms with Crippen LogP contribution in [0.4, 0.5) is 13.2 Å². The third kappa shape index (κ3) is 4.33. The Labute approximate surface area is 106 Å². The van der Waals surface area contributed by atoms with Gasteiger partial charge in [-0.3, -0.25) is 0 Å². The molecule has 102 valence electrons. The lowest BCUT2D eigenvalue weighted by Gasteiger charge is -2.28. The topological polar surface area (TPSA) is 12.0 Å². The molecule has 0 fully saturated rings. The minimum absolute atomic E-state index is 0.302. The van der Waals surface area contributed by atoms with E-state index in [0.717, 1.165) is 16.7 Å². The van der Waals surface area contributed by atoms with Crippen molar-refractivity contribution in [3.8, 4) is 0 Å². The standard InChI is InChI=1S/C14H20F3N/c1-10-5-6-12(11(2)7-10)13(3,4)8-18-9-14(15,16)17/h5-7,18H,8-9H2,1-4H3. The van der Waals surface area contributed by atoms with Crippen LogP contribution in [0.2, 0.25) is 0 Å². The van der Waals surface area contributed by atoms with Crippen LogP contribution in [0.3, 0.4) is 0 Å². The Bertz CT molecular complexity index is 408. The van der Waals surface area contributed by atoms with Gasteiger partial charge in [0, 0.05) is 12.0 Å². The van der Waals surface area contributed by atoms with Crippen molar-refractivity contribution >= 4 is 0 Å². The van der Waals surface area contributed by atoms with E-state index in [1.165, 1.54) is 0 Å². The summed E-state index contributed by atoms with van der Waals surface area (Å²) in [5.41, 5.74) is 3.05. The van der Waals surface area contributed by atoms with Crippen molar-refractivity contribution < 1.29 is 13.2 Å². The molecule has 0 heterocycles. The summed E-state index contributed by atoms with van der Waals surface area (Å²) in [7, 11) is 0. The van der Waals surface area contributed by atoms with E-state index in [9.17, 15) is 13.2 Å². The molecule has 1 N–H and O–H groups in total. The molecule has 0 spiro atoms. The van der Waals surface area contributed by atoms with E-state index >= 15 is 0 Å². The van der Waals surface area contributed by atoms with E-state index in [-0.39, 0.29) is 5.41 Å². The van der Waals surface area contributed by atoms with Crippen molar-refractivity contribution in [2.24, 2.45) is 0 Å². The van der Waals surface area contributed by atoms with Crippen LogP contribution in [0.15, 0.2) is 18.2 Å². The maximum absolute atomic E-state index is 12.1. The first kappa shape index (κ1) is 15.0. The first-order valence-corrected chi connectivity index (χ1v) is 5.97. The first-order chi connectivity index (χ1) is 8.12. The van der Waals surface area contributed by atoms with Crippen LogP contribution < -0.4 is 5.32 Å². The Morgan fingerprint density at radius 1 is 1.06 bits per heavy atom. The molecule has 0 aromatic heterocycles. The lowest BCUT2D eigenvalue weighted by atomic mass is 9.81. The minimum atomic E-state index is -4.15. The molecule has 0 saturated heterocycles. The number of alkyl halides is 3. The zero-order chi connectivity index (χ0) is 14.0. The van der Waals surface area contributed by atoms with Crippen LogP contribution in [0.25, 0.3) is 0 Å². The molecule has 0 unspecified atom stereocenters. The number of rotatable bonds is 4. The summed E-state index contributed by atoms with van der Waals surface area (Å²) in [5, 5.41) is 2.48. The molecule has 0 amide bonds. The van der Waals surface area contributed by atoms with E-state index < -0.39 is 12.7 Å². The molecule has 0 aliphatic carbocycles. The maximum atomic E-state index is 12.1. The molecule has 1 aromatic rings. The van der Waals surface area contributed by atoms with Crippen molar-refractivity contribution in [3.05, 3.63) is 34.9 Å². The third-order valence-electron chi connectivity index (χ3n) is 3.00. The van der Waals surface area contributed by atoms with Gasteiger partial charge >= 0.3 is 6.18 Å². The second kappa shape index (κ2) is 5.31. The largest absolute Gasteiger partial charge is 0.401 e. The highest BCUT2D eigenvalue weighted by Gasteiger charge is 2.29. The molecule has 1 rings (SSSR count). The van der Waals surface area contributed by atoms with Crippen molar-refractivity contribution in [2.75, 3.05) is 13.1 Å². The molecule has 18 heavy (non-hydrogen) atoms. The fourth-order valence-corrected chi connectivity index (χ4v) is 2.18. The van der Waals surface area contributed by atoms with Crippen LogP contribution in [0, 0.1) is 13.8 Å². The average molecular weight is 259 g/mol. The number of hydrogen-bond acceptors (Lipinski definition) is 1. The number of nitrogens with one attached hydrogen (secondary N) is 1. The SMILES string of the molecule is Cc1ccc(C(C)(C)CNCC(F)(F)F)c(C)c1.